The van der Waals surface area contributed by atoms with Crippen LogP contribution in [0.3, 0.4) is 0 Å². The molecule has 0 aromatic heterocycles. The number of carbonyl (C=O) groups excluding carboxylic acids is 1. The Morgan fingerprint density at radius 2 is 2.09 bits per heavy atom. The maximum Gasteiger partial charge on any atom is 0.138 e. The second-order valence-electron chi connectivity index (χ2n) is 3.79. The number of ketones is 1. The molecule has 62 valence electrons. The largest absolute Gasteiger partial charge is 0.392 e. The van der Waals surface area contributed by atoms with E-state index in [9.17, 15) is 9.90 Å². The highest BCUT2D eigenvalue weighted by Crippen LogP contribution is 2.39. The van der Waals surface area contributed by atoms with Crippen LogP contribution in [-0.4, -0.2) is 17.0 Å². The quantitative estimate of drug-likeness (QED) is 0.568. The monoisotopic (exact) mass is 154 g/mol. The highest BCUT2D eigenvalue weighted by molar-refractivity contribution is 5.84. The first-order valence-electron chi connectivity index (χ1n) is 4.50. The Morgan fingerprint density at radius 3 is 2.82 bits per heavy atom. The van der Waals surface area contributed by atoms with Gasteiger partial charge >= 0.3 is 0 Å². The third kappa shape index (κ3) is 1.09. The summed E-state index contributed by atoms with van der Waals surface area (Å²) < 4.78 is 0. The van der Waals surface area contributed by atoms with Crippen LogP contribution in [0.25, 0.3) is 0 Å². The molecule has 2 aliphatic carbocycles. The Bertz CT molecular complexity index is 176. The van der Waals surface area contributed by atoms with E-state index >= 15 is 0 Å². The zero-order chi connectivity index (χ0) is 7.84. The van der Waals surface area contributed by atoms with E-state index in [2.05, 4.69) is 0 Å². The van der Waals surface area contributed by atoms with E-state index in [4.69, 9.17) is 0 Å². The summed E-state index contributed by atoms with van der Waals surface area (Å²) in [5.41, 5.74) is 0. The molecule has 0 amide bonds. The zero-order valence-electron chi connectivity index (χ0n) is 6.62. The van der Waals surface area contributed by atoms with Crippen LogP contribution in [0.15, 0.2) is 0 Å². The second-order valence-corrected chi connectivity index (χ2v) is 3.79. The van der Waals surface area contributed by atoms with E-state index in [0.717, 1.165) is 25.7 Å². The number of hydrogen-bond donors (Lipinski definition) is 1. The van der Waals surface area contributed by atoms with Crippen LogP contribution in [0.2, 0.25) is 0 Å². The van der Waals surface area contributed by atoms with Crippen molar-refractivity contribution in [1.82, 2.24) is 0 Å². The molecule has 0 aliphatic heterocycles. The summed E-state index contributed by atoms with van der Waals surface area (Å²) in [6.45, 7) is 0. The van der Waals surface area contributed by atoms with Gasteiger partial charge in [0.25, 0.3) is 0 Å². The smallest absolute Gasteiger partial charge is 0.138 e. The van der Waals surface area contributed by atoms with Gasteiger partial charge in [-0.3, -0.25) is 4.79 Å². The number of hydrogen-bond acceptors (Lipinski definition) is 2. The predicted molar refractivity (Wildman–Crippen MR) is 41.1 cm³/mol. The molecule has 0 saturated heterocycles. The van der Waals surface area contributed by atoms with E-state index in [-0.39, 0.29) is 12.0 Å². The maximum absolute atomic E-state index is 11.3. The van der Waals surface area contributed by atoms with Crippen molar-refractivity contribution in [2.24, 2.45) is 11.8 Å². The average molecular weight is 154 g/mol. The van der Waals surface area contributed by atoms with Gasteiger partial charge in [0.05, 0.1) is 6.10 Å². The van der Waals surface area contributed by atoms with Gasteiger partial charge in [0.1, 0.15) is 5.78 Å². The normalized spacial score (nSPS) is 44.1. The summed E-state index contributed by atoms with van der Waals surface area (Å²) in [5.74, 6) is 0.845. The number of rotatable bonds is 0. The van der Waals surface area contributed by atoms with Crippen molar-refractivity contribution >= 4 is 5.78 Å². The fourth-order valence-electron chi connectivity index (χ4n) is 2.56. The van der Waals surface area contributed by atoms with Crippen molar-refractivity contribution in [2.75, 3.05) is 0 Å². The highest BCUT2D eigenvalue weighted by Gasteiger charge is 2.41. The fraction of sp³-hybridized carbons (Fsp3) is 0.889. The molecule has 11 heavy (non-hydrogen) atoms. The minimum atomic E-state index is -0.316. The molecule has 1 unspecified atom stereocenters. The zero-order valence-corrected chi connectivity index (χ0v) is 6.62. The molecule has 0 bridgehead atoms. The molecule has 2 aliphatic rings. The molecule has 0 aromatic carbocycles. The number of fused-ring (bicyclic) bond motifs is 1. The van der Waals surface area contributed by atoms with Crippen molar-refractivity contribution in [2.45, 2.75) is 38.2 Å². The molecule has 0 aromatic rings. The lowest BCUT2D eigenvalue weighted by molar-refractivity contribution is -0.125. The Hall–Kier alpha value is -0.370. The lowest BCUT2D eigenvalue weighted by Crippen LogP contribution is -2.32. The molecular formula is C9H14O2. The number of aliphatic hydroxyl groups excluding tert-OH is 1. The van der Waals surface area contributed by atoms with Crippen molar-refractivity contribution in [3.05, 3.63) is 0 Å². The molecule has 1 N–H and O–H groups in total. The predicted octanol–water partition coefficient (Wildman–Crippen LogP) is 1.13. The Balaban J connectivity index is 2.14. The first kappa shape index (κ1) is 7.29. The summed E-state index contributed by atoms with van der Waals surface area (Å²) in [4.78, 5) is 11.3. The third-order valence-electron chi connectivity index (χ3n) is 3.13. The van der Waals surface area contributed by atoms with Crippen LogP contribution >= 0.6 is 0 Å². The molecule has 2 heteroatoms. The van der Waals surface area contributed by atoms with Crippen molar-refractivity contribution in [1.29, 1.82) is 0 Å². The minimum absolute atomic E-state index is 0.0174. The Labute approximate surface area is 66.6 Å². The molecule has 0 spiro atoms. The lowest BCUT2D eigenvalue weighted by atomic mass is 9.79. The second kappa shape index (κ2) is 2.59. The summed E-state index contributed by atoms with van der Waals surface area (Å²) >= 11 is 0. The van der Waals surface area contributed by atoms with Crippen LogP contribution in [0.5, 0.6) is 0 Å². The van der Waals surface area contributed by atoms with Crippen LogP contribution in [0.4, 0.5) is 0 Å². The van der Waals surface area contributed by atoms with Gasteiger partial charge in [0.15, 0.2) is 0 Å². The van der Waals surface area contributed by atoms with Crippen LogP contribution in [0.1, 0.15) is 32.1 Å². The first-order chi connectivity index (χ1) is 5.29. The Kier molecular flexibility index (Phi) is 1.72. The minimum Gasteiger partial charge on any atom is -0.392 e. The van der Waals surface area contributed by atoms with Crippen molar-refractivity contribution in [3.8, 4) is 0 Å². The molecule has 0 heterocycles. The molecule has 2 rings (SSSR count). The van der Waals surface area contributed by atoms with Crippen LogP contribution in [-0.2, 0) is 4.79 Å². The summed E-state index contributed by atoms with van der Waals surface area (Å²) in [5, 5.41) is 9.53. The van der Waals surface area contributed by atoms with E-state index in [1.807, 2.05) is 0 Å². The number of carbonyl (C=O) groups is 1. The lowest BCUT2D eigenvalue weighted by Gasteiger charge is -2.28. The van der Waals surface area contributed by atoms with Crippen LogP contribution in [0, 0.1) is 11.8 Å². The summed E-state index contributed by atoms with van der Waals surface area (Å²) in [7, 11) is 0. The SMILES string of the molecule is O=C1CC[C@@H]2CCCC(O)[C@@H]12. The molecular weight excluding hydrogens is 140 g/mol. The van der Waals surface area contributed by atoms with E-state index in [0.29, 0.717) is 18.1 Å². The van der Waals surface area contributed by atoms with Gasteiger partial charge in [-0.15, -0.1) is 0 Å². The first-order valence-corrected chi connectivity index (χ1v) is 4.50. The summed E-state index contributed by atoms with van der Waals surface area (Å²) in [6.07, 6.45) is 4.53. The molecule has 0 radical (unpaired) electrons. The van der Waals surface area contributed by atoms with Gasteiger partial charge in [-0.1, -0.05) is 6.42 Å². The number of aliphatic hydroxyl groups is 1. The molecule has 2 nitrogen and oxygen atoms in total. The van der Waals surface area contributed by atoms with Gasteiger partial charge in [-0.25, -0.2) is 0 Å². The summed E-state index contributed by atoms with van der Waals surface area (Å²) in [6, 6.07) is 0. The molecule has 3 atom stereocenters. The van der Waals surface area contributed by atoms with Gasteiger partial charge in [-0.2, -0.15) is 0 Å². The van der Waals surface area contributed by atoms with Gasteiger partial charge in [-0.05, 0) is 25.2 Å². The topological polar surface area (TPSA) is 37.3 Å². The Morgan fingerprint density at radius 1 is 1.27 bits per heavy atom. The van der Waals surface area contributed by atoms with Crippen molar-refractivity contribution in [3.63, 3.8) is 0 Å². The van der Waals surface area contributed by atoms with Gasteiger partial charge in [0.2, 0.25) is 0 Å². The fourth-order valence-corrected chi connectivity index (χ4v) is 2.56. The van der Waals surface area contributed by atoms with E-state index < -0.39 is 0 Å². The van der Waals surface area contributed by atoms with E-state index in [1.165, 1.54) is 0 Å². The molecule has 2 fully saturated rings. The standard InChI is InChI=1S/C9H14O2/c10-7-3-1-2-6-4-5-8(11)9(6)7/h6-7,9-10H,1-5H2/t6-,7?,9-/m0/s1. The maximum atomic E-state index is 11.3. The van der Waals surface area contributed by atoms with Crippen molar-refractivity contribution < 1.29 is 9.90 Å². The van der Waals surface area contributed by atoms with Gasteiger partial charge < -0.3 is 5.11 Å². The van der Waals surface area contributed by atoms with Gasteiger partial charge in [0, 0.05) is 12.3 Å². The number of Topliss-reactive ketones (excluding diaryl/α,β-unsaturated/α-hetero) is 1. The molecule has 2 saturated carbocycles. The van der Waals surface area contributed by atoms with Crippen LogP contribution < -0.4 is 0 Å². The average Bonchev–Trinajstić information content (AvgIpc) is 2.34. The third-order valence-corrected chi connectivity index (χ3v) is 3.13. The van der Waals surface area contributed by atoms with E-state index in [1.54, 1.807) is 0 Å². The highest BCUT2D eigenvalue weighted by atomic mass is 16.3.